The van der Waals surface area contributed by atoms with Crippen LogP contribution in [0.2, 0.25) is 0 Å². The molecule has 162 valence electrons. The van der Waals surface area contributed by atoms with E-state index in [2.05, 4.69) is 11.6 Å². The topological polar surface area (TPSA) is 83.5 Å². The van der Waals surface area contributed by atoms with Crippen molar-refractivity contribution in [1.82, 2.24) is 4.72 Å². The SMILES string of the molecule is CCCCCCCCCCCCCCCCCCS(=O)(=O)NCCC(=O)O. The Morgan fingerprint density at radius 1 is 0.704 bits per heavy atom. The third-order valence-corrected chi connectivity index (χ3v) is 6.40. The molecule has 0 aromatic rings. The molecular formula is C21H43NO4S. The van der Waals surface area contributed by atoms with E-state index in [1.807, 2.05) is 0 Å². The van der Waals surface area contributed by atoms with Gasteiger partial charge in [-0.3, -0.25) is 4.79 Å². The van der Waals surface area contributed by atoms with Crippen molar-refractivity contribution in [2.75, 3.05) is 12.3 Å². The third kappa shape index (κ3) is 21.5. The Morgan fingerprint density at radius 3 is 1.44 bits per heavy atom. The molecule has 0 spiro atoms. The summed E-state index contributed by atoms with van der Waals surface area (Å²) in [7, 11) is -3.31. The Kier molecular flexibility index (Phi) is 18.3. The van der Waals surface area contributed by atoms with Crippen molar-refractivity contribution in [3.63, 3.8) is 0 Å². The van der Waals surface area contributed by atoms with Gasteiger partial charge in [-0.05, 0) is 6.42 Å². The fourth-order valence-corrected chi connectivity index (χ4v) is 4.37. The van der Waals surface area contributed by atoms with Gasteiger partial charge in [0.15, 0.2) is 0 Å². The van der Waals surface area contributed by atoms with Crippen LogP contribution in [-0.2, 0) is 14.8 Å². The van der Waals surface area contributed by atoms with Crippen LogP contribution in [0.15, 0.2) is 0 Å². The molecule has 0 rings (SSSR count). The van der Waals surface area contributed by atoms with Crippen LogP contribution in [0.3, 0.4) is 0 Å². The predicted octanol–water partition coefficient (Wildman–Crippen LogP) is 5.64. The van der Waals surface area contributed by atoms with Crippen LogP contribution < -0.4 is 4.72 Å². The first-order valence-corrected chi connectivity index (χ1v) is 12.8. The summed E-state index contributed by atoms with van der Waals surface area (Å²) in [5.41, 5.74) is 0. The first kappa shape index (κ1) is 26.4. The number of carboxylic acids is 1. The van der Waals surface area contributed by atoms with E-state index < -0.39 is 16.0 Å². The quantitative estimate of drug-likeness (QED) is 0.242. The van der Waals surface area contributed by atoms with Crippen LogP contribution in [0, 0.1) is 0 Å². The molecule has 27 heavy (non-hydrogen) atoms. The lowest BCUT2D eigenvalue weighted by Crippen LogP contribution is -2.28. The van der Waals surface area contributed by atoms with Gasteiger partial charge in [-0.2, -0.15) is 0 Å². The number of nitrogens with one attached hydrogen (secondary N) is 1. The molecule has 5 nitrogen and oxygen atoms in total. The summed E-state index contributed by atoms with van der Waals surface area (Å²) in [6, 6.07) is 0. The average Bonchev–Trinajstić information content (AvgIpc) is 2.60. The summed E-state index contributed by atoms with van der Waals surface area (Å²) in [6.07, 6.45) is 20.0. The lowest BCUT2D eigenvalue weighted by Gasteiger charge is -2.06. The number of hydrogen-bond acceptors (Lipinski definition) is 3. The minimum Gasteiger partial charge on any atom is -0.481 e. The highest BCUT2D eigenvalue weighted by Gasteiger charge is 2.09. The van der Waals surface area contributed by atoms with Crippen LogP contribution in [0.25, 0.3) is 0 Å². The lowest BCUT2D eigenvalue weighted by atomic mass is 10.0. The Bertz CT molecular complexity index is 437. The summed E-state index contributed by atoms with van der Waals surface area (Å²) in [4.78, 5) is 10.4. The number of carbonyl (C=O) groups is 1. The maximum atomic E-state index is 11.7. The van der Waals surface area contributed by atoms with E-state index >= 15 is 0 Å². The number of unbranched alkanes of at least 4 members (excludes halogenated alkanes) is 15. The van der Waals surface area contributed by atoms with Crippen molar-refractivity contribution in [3.8, 4) is 0 Å². The van der Waals surface area contributed by atoms with Crippen molar-refractivity contribution < 1.29 is 18.3 Å². The number of hydrogen-bond donors (Lipinski definition) is 2. The minimum absolute atomic E-state index is 0.0173. The van der Waals surface area contributed by atoms with E-state index in [1.54, 1.807) is 0 Å². The van der Waals surface area contributed by atoms with Crippen molar-refractivity contribution >= 4 is 16.0 Å². The van der Waals surface area contributed by atoms with Crippen molar-refractivity contribution in [2.45, 2.75) is 116 Å². The highest BCUT2D eigenvalue weighted by molar-refractivity contribution is 7.89. The molecule has 0 atom stereocenters. The molecule has 0 saturated carbocycles. The van der Waals surface area contributed by atoms with Crippen LogP contribution in [0.4, 0.5) is 0 Å². The predicted molar refractivity (Wildman–Crippen MR) is 114 cm³/mol. The minimum atomic E-state index is -3.31. The molecule has 6 heteroatoms. The molecule has 0 aliphatic carbocycles. The second kappa shape index (κ2) is 18.7. The number of sulfonamides is 1. The van der Waals surface area contributed by atoms with Gasteiger partial charge in [0, 0.05) is 6.54 Å². The zero-order chi connectivity index (χ0) is 20.2. The normalized spacial score (nSPS) is 11.7. The molecular weight excluding hydrogens is 362 g/mol. The van der Waals surface area contributed by atoms with Gasteiger partial charge in [0.2, 0.25) is 10.0 Å². The summed E-state index contributed by atoms with van der Waals surface area (Å²) >= 11 is 0. The maximum Gasteiger partial charge on any atom is 0.304 e. The summed E-state index contributed by atoms with van der Waals surface area (Å²) < 4.78 is 25.6. The average molecular weight is 406 g/mol. The summed E-state index contributed by atoms with van der Waals surface area (Å²) in [5, 5.41) is 8.50. The molecule has 0 heterocycles. The van der Waals surface area contributed by atoms with Gasteiger partial charge in [-0.1, -0.05) is 103 Å². The number of rotatable bonds is 21. The van der Waals surface area contributed by atoms with Gasteiger partial charge in [0.1, 0.15) is 0 Å². The monoisotopic (exact) mass is 405 g/mol. The van der Waals surface area contributed by atoms with E-state index in [4.69, 9.17) is 5.11 Å². The van der Waals surface area contributed by atoms with E-state index in [0.29, 0.717) is 6.42 Å². The standard InChI is InChI=1S/C21H43NO4S/c1-2-3-4-5-6-7-8-9-10-11-12-13-14-15-16-17-20-27(25,26)22-19-18-21(23)24/h22H,2-20H2,1H3,(H,23,24). The van der Waals surface area contributed by atoms with Crippen LogP contribution >= 0.6 is 0 Å². The molecule has 0 radical (unpaired) electrons. The van der Waals surface area contributed by atoms with Crippen LogP contribution in [0.5, 0.6) is 0 Å². The molecule has 0 unspecified atom stereocenters. The Morgan fingerprint density at radius 2 is 1.07 bits per heavy atom. The van der Waals surface area contributed by atoms with Gasteiger partial charge in [0.25, 0.3) is 0 Å². The molecule has 0 aromatic heterocycles. The van der Waals surface area contributed by atoms with Crippen LogP contribution in [0.1, 0.15) is 116 Å². The maximum absolute atomic E-state index is 11.7. The highest BCUT2D eigenvalue weighted by atomic mass is 32.2. The second-order valence-electron chi connectivity index (χ2n) is 7.66. The number of aliphatic carboxylic acids is 1. The van der Waals surface area contributed by atoms with Gasteiger partial charge in [0.05, 0.1) is 12.2 Å². The molecule has 0 saturated heterocycles. The second-order valence-corrected chi connectivity index (χ2v) is 9.59. The summed E-state index contributed by atoms with van der Waals surface area (Å²) in [5.74, 6) is -0.884. The molecule has 0 aliphatic heterocycles. The van der Waals surface area contributed by atoms with Gasteiger partial charge < -0.3 is 5.11 Å². The van der Waals surface area contributed by atoms with Crippen molar-refractivity contribution in [3.05, 3.63) is 0 Å². The summed E-state index contributed by atoms with van der Waals surface area (Å²) in [6.45, 7) is 2.24. The molecule has 0 aromatic carbocycles. The molecule has 0 amide bonds. The first-order valence-electron chi connectivity index (χ1n) is 11.2. The third-order valence-electron chi connectivity index (χ3n) is 4.93. The van der Waals surface area contributed by atoms with E-state index in [-0.39, 0.29) is 18.7 Å². The zero-order valence-electron chi connectivity index (χ0n) is 17.5. The zero-order valence-corrected chi connectivity index (χ0v) is 18.3. The van der Waals surface area contributed by atoms with Crippen molar-refractivity contribution in [1.29, 1.82) is 0 Å². The Hall–Kier alpha value is -0.620. The van der Waals surface area contributed by atoms with Crippen LogP contribution in [-0.4, -0.2) is 31.8 Å². The lowest BCUT2D eigenvalue weighted by molar-refractivity contribution is -0.136. The Labute approximate surface area is 167 Å². The highest BCUT2D eigenvalue weighted by Crippen LogP contribution is 2.13. The van der Waals surface area contributed by atoms with E-state index in [9.17, 15) is 13.2 Å². The molecule has 2 N–H and O–H groups in total. The van der Waals surface area contributed by atoms with E-state index in [0.717, 1.165) is 12.8 Å². The van der Waals surface area contributed by atoms with E-state index in [1.165, 1.54) is 83.5 Å². The molecule has 0 aliphatic rings. The Balaban J connectivity index is 3.25. The first-order chi connectivity index (χ1) is 13.0. The largest absolute Gasteiger partial charge is 0.481 e. The fourth-order valence-electron chi connectivity index (χ4n) is 3.23. The molecule has 0 bridgehead atoms. The van der Waals surface area contributed by atoms with Gasteiger partial charge >= 0.3 is 5.97 Å². The van der Waals surface area contributed by atoms with Crippen molar-refractivity contribution in [2.24, 2.45) is 0 Å². The van der Waals surface area contributed by atoms with Gasteiger partial charge in [-0.15, -0.1) is 0 Å². The van der Waals surface area contributed by atoms with Gasteiger partial charge in [-0.25, -0.2) is 13.1 Å². The molecule has 0 fully saturated rings. The number of carboxylic acid groups (broad SMARTS) is 1. The smallest absolute Gasteiger partial charge is 0.304 e. The fraction of sp³-hybridized carbons (Fsp3) is 0.952.